The number of esters is 1. The van der Waals surface area contributed by atoms with E-state index in [0.29, 0.717) is 27.6 Å². The summed E-state index contributed by atoms with van der Waals surface area (Å²) in [6, 6.07) is 22.8. The van der Waals surface area contributed by atoms with Crippen molar-refractivity contribution in [3.05, 3.63) is 84.4 Å². The maximum Gasteiger partial charge on any atom is 0.312 e. The highest BCUT2D eigenvalue weighted by Gasteiger charge is 2.13. The summed E-state index contributed by atoms with van der Waals surface area (Å²) in [5, 5.41) is 13.1. The van der Waals surface area contributed by atoms with E-state index in [4.69, 9.17) is 4.74 Å². The van der Waals surface area contributed by atoms with Gasteiger partial charge in [-0.25, -0.2) is 0 Å². The predicted molar refractivity (Wildman–Crippen MR) is 110 cm³/mol. The standard InChI is InChI=1S/C22H19NO4S/c24-20(27-17-10-5-2-6-11-17)14-15-28-19-13-7-12-18(21(19)25)23-22(26)16-8-3-1-4-9-16/h1-13,25H,14-15H2,(H,23,26). The summed E-state index contributed by atoms with van der Waals surface area (Å²) in [6.45, 7) is 0. The molecule has 0 atom stereocenters. The number of phenolic OH excluding ortho intramolecular Hbond substituents is 1. The van der Waals surface area contributed by atoms with E-state index in [9.17, 15) is 14.7 Å². The van der Waals surface area contributed by atoms with E-state index in [1.807, 2.05) is 12.1 Å². The lowest BCUT2D eigenvalue weighted by Gasteiger charge is -2.11. The number of benzene rings is 3. The van der Waals surface area contributed by atoms with E-state index in [2.05, 4.69) is 5.32 Å². The Morgan fingerprint density at radius 1 is 0.893 bits per heavy atom. The lowest BCUT2D eigenvalue weighted by atomic mass is 10.2. The van der Waals surface area contributed by atoms with Gasteiger partial charge in [-0.15, -0.1) is 11.8 Å². The maximum absolute atomic E-state index is 12.3. The van der Waals surface area contributed by atoms with Gasteiger partial charge < -0.3 is 15.2 Å². The van der Waals surface area contributed by atoms with Crippen molar-refractivity contribution in [3.8, 4) is 11.5 Å². The summed E-state index contributed by atoms with van der Waals surface area (Å²) in [5.41, 5.74) is 0.828. The number of aromatic hydroxyl groups is 1. The van der Waals surface area contributed by atoms with Crippen LogP contribution in [0.15, 0.2) is 83.8 Å². The van der Waals surface area contributed by atoms with Crippen LogP contribution in [0.1, 0.15) is 16.8 Å². The zero-order chi connectivity index (χ0) is 19.8. The molecule has 0 heterocycles. The molecular formula is C22H19NO4S. The van der Waals surface area contributed by atoms with Gasteiger partial charge >= 0.3 is 5.97 Å². The van der Waals surface area contributed by atoms with Crippen molar-refractivity contribution in [1.29, 1.82) is 0 Å². The minimum absolute atomic E-state index is 0.0202. The minimum atomic E-state index is -0.341. The molecule has 0 aromatic heterocycles. The number of hydrogen-bond acceptors (Lipinski definition) is 5. The van der Waals surface area contributed by atoms with Crippen LogP contribution in [-0.4, -0.2) is 22.7 Å². The first kappa shape index (κ1) is 19.5. The number of para-hydroxylation sites is 2. The average molecular weight is 393 g/mol. The first-order valence-electron chi connectivity index (χ1n) is 8.70. The molecule has 0 radical (unpaired) electrons. The predicted octanol–water partition coefficient (Wildman–Crippen LogP) is 4.73. The van der Waals surface area contributed by atoms with Crippen LogP contribution in [0.2, 0.25) is 0 Å². The Labute approximate surface area is 167 Å². The molecule has 0 aliphatic heterocycles. The molecular weight excluding hydrogens is 374 g/mol. The third-order valence-corrected chi connectivity index (χ3v) is 4.87. The lowest BCUT2D eigenvalue weighted by Crippen LogP contribution is -2.11. The third-order valence-electron chi connectivity index (χ3n) is 3.82. The topological polar surface area (TPSA) is 75.6 Å². The molecule has 142 valence electrons. The molecule has 0 saturated heterocycles. The van der Waals surface area contributed by atoms with Gasteiger partial charge in [0.2, 0.25) is 0 Å². The Morgan fingerprint density at radius 2 is 1.57 bits per heavy atom. The van der Waals surface area contributed by atoms with Crippen molar-refractivity contribution in [2.75, 3.05) is 11.1 Å². The number of amides is 1. The van der Waals surface area contributed by atoms with Gasteiger partial charge in [0.1, 0.15) is 5.75 Å². The van der Waals surface area contributed by atoms with Crippen molar-refractivity contribution < 1.29 is 19.4 Å². The highest BCUT2D eigenvalue weighted by Crippen LogP contribution is 2.35. The Hall–Kier alpha value is -3.25. The molecule has 0 spiro atoms. The van der Waals surface area contributed by atoms with Crippen molar-refractivity contribution >= 4 is 29.3 Å². The molecule has 6 heteroatoms. The number of anilines is 1. The number of hydrogen-bond donors (Lipinski definition) is 2. The number of ether oxygens (including phenoxy) is 1. The van der Waals surface area contributed by atoms with Crippen LogP contribution in [-0.2, 0) is 4.79 Å². The van der Waals surface area contributed by atoms with Crippen LogP contribution in [0, 0.1) is 0 Å². The quantitative estimate of drug-likeness (QED) is 0.263. The van der Waals surface area contributed by atoms with Gasteiger partial charge in [-0.3, -0.25) is 9.59 Å². The van der Waals surface area contributed by atoms with Gasteiger partial charge in [0.05, 0.1) is 17.0 Å². The van der Waals surface area contributed by atoms with Crippen LogP contribution in [0.25, 0.3) is 0 Å². The van der Waals surface area contributed by atoms with E-state index in [0.717, 1.165) is 0 Å². The fourth-order valence-electron chi connectivity index (χ4n) is 2.44. The first-order valence-corrected chi connectivity index (χ1v) is 9.69. The Kier molecular flexibility index (Phi) is 6.70. The Bertz CT molecular complexity index is 945. The van der Waals surface area contributed by atoms with Gasteiger partial charge in [-0.1, -0.05) is 42.5 Å². The Balaban J connectivity index is 1.55. The summed E-state index contributed by atoms with van der Waals surface area (Å²) < 4.78 is 5.24. The normalized spacial score (nSPS) is 10.3. The average Bonchev–Trinajstić information content (AvgIpc) is 2.72. The van der Waals surface area contributed by atoms with E-state index in [1.54, 1.807) is 66.7 Å². The molecule has 0 aliphatic carbocycles. The largest absolute Gasteiger partial charge is 0.505 e. The molecule has 28 heavy (non-hydrogen) atoms. The van der Waals surface area contributed by atoms with E-state index < -0.39 is 0 Å². The number of carbonyl (C=O) groups is 2. The van der Waals surface area contributed by atoms with Gasteiger partial charge in [0.25, 0.3) is 5.91 Å². The number of carbonyl (C=O) groups excluding carboxylic acids is 2. The maximum atomic E-state index is 12.3. The minimum Gasteiger partial charge on any atom is -0.505 e. The molecule has 5 nitrogen and oxygen atoms in total. The van der Waals surface area contributed by atoms with Crippen LogP contribution >= 0.6 is 11.8 Å². The molecule has 0 aliphatic rings. The molecule has 3 aromatic carbocycles. The highest BCUT2D eigenvalue weighted by atomic mass is 32.2. The first-order chi connectivity index (χ1) is 13.6. The smallest absolute Gasteiger partial charge is 0.312 e. The summed E-state index contributed by atoms with van der Waals surface area (Å²) in [4.78, 5) is 24.7. The van der Waals surface area contributed by atoms with Gasteiger partial charge in [-0.05, 0) is 36.4 Å². The van der Waals surface area contributed by atoms with Crippen molar-refractivity contribution in [3.63, 3.8) is 0 Å². The van der Waals surface area contributed by atoms with Gasteiger partial charge in [-0.2, -0.15) is 0 Å². The summed E-state index contributed by atoms with van der Waals surface area (Å²) in [7, 11) is 0. The monoisotopic (exact) mass is 393 g/mol. The number of thioether (sulfide) groups is 1. The van der Waals surface area contributed by atoms with Crippen molar-refractivity contribution in [1.82, 2.24) is 0 Å². The molecule has 3 rings (SSSR count). The number of phenols is 1. The molecule has 0 bridgehead atoms. The van der Waals surface area contributed by atoms with Gasteiger partial charge in [0.15, 0.2) is 5.75 Å². The highest BCUT2D eigenvalue weighted by molar-refractivity contribution is 7.99. The molecule has 0 saturated carbocycles. The van der Waals surface area contributed by atoms with Crippen LogP contribution in [0.4, 0.5) is 5.69 Å². The zero-order valence-electron chi connectivity index (χ0n) is 15.0. The second kappa shape index (κ2) is 9.62. The zero-order valence-corrected chi connectivity index (χ0v) is 15.8. The molecule has 1 amide bonds. The lowest BCUT2D eigenvalue weighted by molar-refractivity contribution is -0.133. The van der Waals surface area contributed by atoms with Crippen LogP contribution in [0.3, 0.4) is 0 Å². The Morgan fingerprint density at radius 3 is 2.29 bits per heavy atom. The van der Waals surface area contributed by atoms with Crippen LogP contribution < -0.4 is 10.1 Å². The summed E-state index contributed by atoms with van der Waals surface area (Å²) >= 11 is 1.32. The second-order valence-corrected chi connectivity index (χ2v) is 6.99. The molecule has 3 aromatic rings. The van der Waals surface area contributed by atoms with E-state index in [1.165, 1.54) is 11.8 Å². The van der Waals surface area contributed by atoms with Crippen molar-refractivity contribution in [2.24, 2.45) is 0 Å². The van der Waals surface area contributed by atoms with E-state index >= 15 is 0 Å². The number of rotatable bonds is 7. The SMILES string of the molecule is O=C(CCSc1cccc(NC(=O)c2ccccc2)c1O)Oc1ccccc1. The second-order valence-electron chi connectivity index (χ2n) is 5.86. The summed E-state index contributed by atoms with van der Waals surface area (Å²) in [6.07, 6.45) is 0.194. The molecule has 0 unspecified atom stereocenters. The van der Waals surface area contributed by atoms with E-state index in [-0.39, 0.29) is 24.0 Å². The number of nitrogens with one attached hydrogen (secondary N) is 1. The molecule has 0 fully saturated rings. The van der Waals surface area contributed by atoms with Crippen molar-refractivity contribution in [2.45, 2.75) is 11.3 Å². The fourth-order valence-corrected chi connectivity index (χ4v) is 3.35. The fraction of sp³-hybridized carbons (Fsp3) is 0.0909. The van der Waals surface area contributed by atoms with Crippen LogP contribution in [0.5, 0.6) is 11.5 Å². The third kappa shape index (κ3) is 5.37. The molecule has 2 N–H and O–H groups in total. The summed E-state index contributed by atoms with van der Waals surface area (Å²) in [5.74, 6) is 0.283. The van der Waals surface area contributed by atoms with Gasteiger partial charge in [0, 0.05) is 11.3 Å².